The van der Waals surface area contributed by atoms with Crippen molar-refractivity contribution in [2.24, 2.45) is 5.92 Å². The molecule has 1 heteroatoms. The summed E-state index contributed by atoms with van der Waals surface area (Å²) in [5, 5.41) is 0. The van der Waals surface area contributed by atoms with Gasteiger partial charge in [0.2, 0.25) is 0 Å². The molecule has 0 aromatic rings. The normalized spacial score (nSPS) is 21.5. The van der Waals surface area contributed by atoms with Crippen LogP contribution in [0.5, 0.6) is 0 Å². The third-order valence-electron chi connectivity index (χ3n) is 1.35. The average Bonchev–Trinajstić information content (AvgIpc) is 2.50. The molecule has 0 heterocycles. The van der Waals surface area contributed by atoms with Gasteiger partial charge < -0.3 is 0 Å². The number of rotatable bonds is 2. The molecular weight excluding hydrogens is 120 g/mol. The van der Waals surface area contributed by atoms with E-state index in [0.29, 0.717) is 5.88 Å². The SMILES string of the molecule is C/C(=C\C1CC1)CCl. The van der Waals surface area contributed by atoms with Gasteiger partial charge in [0.15, 0.2) is 0 Å². The van der Waals surface area contributed by atoms with Gasteiger partial charge in [-0.2, -0.15) is 0 Å². The lowest BCUT2D eigenvalue weighted by atomic mass is 10.2. The molecule has 1 aliphatic carbocycles. The number of allylic oxidation sites excluding steroid dienone is 2. The van der Waals surface area contributed by atoms with Gasteiger partial charge in [0, 0.05) is 5.88 Å². The van der Waals surface area contributed by atoms with E-state index in [1.54, 1.807) is 0 Å². The number of halogens is 1. The number of hydrogen-bond acceptors (Lipinski definition) is 0. The Balaban J connectivity index is 2.27. The molecule has 0 aromatic heterocycles. The molecule has 46 valence electrons. The van der Waals surface area contributed by atoms with Gasteiger partial charge in [0.25, 0.3) is 0 Å². The van der Waals surface area contributed by atoms with Crippen molar-refractivity contribution in [3.05, 3.63) is 11.6 Å². The van der Waals surface area contributed by atoms with Gasteiger partial charge in [-0.1, -0.05) is 11.6 Å². The predicted octanol–water partition coefficient (Wildman–Crippen LogP) is 2.58. The van der Waals surface area contributed by atoms with Gasteiger partial charge in [-0.15, -0.1) is 11.6 Å². The fraction of sp³-hybridized carbons (Fsp3) is 0.714. The van der Waals surface area contributed by atoms with Crippen LogP contribution in [0.3, 0.4) is 0 Å². The molecule has 1 aliphatic rings. The summed E-state index contributed by atoms with van der Waals surface area (Å²) in [6.45, 7) is 2.09. The van der Waals surface area contributed by atoms with E-state index in [1.807, 2.05) is 0 Å². The van der Waals surface area contributed by atoms with E-state index in [4.69, 9.17) is 11.6 Å². The standard InChI is InChI=1S/C7H11Cl/c1-6(5-8)4-7-2-3-7/h4,7H,2-3,5H2,1H3/b6-4+. The van der Waals surface area contributed by atoms with Crippen LogP contribution in [0.4, 0.5) is 0 Å². The lowest BCUT2D eigenvalue weighted by Crippen LogP contribution is -1.76. The first-order valence-corrected chi connectivity index (χ1v) is 3.59. The Morgan fingerprint density at radius 3 is 2.75 bits per heavy atom. The number of hydrogen-bond donors (Lipinski definition) is 0. The van der Waals surface area contributed by atoms with Gasteiger partial charge in [-0.3, -0.25) is 0 Å². The van der Waals surface area contributed by atoms with Crippen LogP contribution in [-0.2, 0) is 0 Å². The number of alkyl halides is 1. The second-order valence-corrected chi connectivity index (χ2v) is 2.75. The molecular formula is C7H11Cl. The highest BCUT2D eigenvalue weighted by molar-refractivity contribution is 6.19. The maximum atomic E-state index is 5.56. The van der Waals surface area contributed by atoms with E-state index in [2.05, 4.69) is 13.0 Å². The lowest BCUT2D eigenvalue weighted by molar-refractivity contribution is 1.09. The van der Waals surface area contributed by atoms with Crippen LogP contribution in [0, 0.1) is 5.92 Å². The van der Waals surface area contributed by atoms with Gasteiger partial charge in [0.1, 0.15) is 0 Å². The summed E-state index contributed by atoms with van der Waals surface area (Å²) < 4.78 is 0. The lowest BCUT2D eigenvalue weighted by Gasteiger charge is -1.88. The minimum atomic E-state index is 0.705. The molecule has 0 radical (unpaired) electrons. The van der Waals surface area contributed by atoms with Crippen LogP contribution >= 0.6 is 11.6 Å². The Bertz CT molecular complexity index is 101. The molecule has 0 N–H and O–H groups in total. The Hall–Kier alpha value is 0.0300. The summed E-state index contributed by atoms with van der Waals surface area (Å²) in [5.74, 6) is 1.59. The maximum absolute atomic E-state index is 5.56. The fourth-order valence-electron chi connectivity index (χ4n) is 0.710. The Kier molecular flexibility index (Phi) is 1.95. The van der Waals surface area contributed by atoms with Crippen LogP contribution in [-0.4, -0.2) is 5.88 Å². The van der Waals surface area contributed by atoms with E-state index in [9.17, 15) is 0 Å². The van der Waals surface area contributed by atoms with Gasteiger partial charge in [0.05, 0.1) is 0 Å². The minimum absolute atomic E-state index is 0.705. The first-order chi connectivity index (χ1) is 3.83. The van der Waals surface area contributed by atoms with Crippen LogP contribution < -0.4 is 0 Å². The van der Waals surface area contributed by atoms with Crippen molar-refractivity contribution in [1.29, 1.82) is 0 Å². The van der Waals surface area contributed by atoms with Crippen LogP contribution in [0.2, 0.25) is 0 Å². The molecule has 0 bridgehead atoms. The largest absolute Gasteiger partial charge is 0.122 e. The molecule has 0 aliphatic heterocycles. The summed E-state index contributed by atoms with van der Waals surface area (Å²) in [6, 6.07) is 0. The van der Waals surface area contributed by atoms with Crippen molar-refractivity contribution in [3.63, 3.8) is 0 Å². The maximum Gasteiger partial charge on any atom is 0.0430 e. The molecule has 0 nitrogen and oxygen atoms in total. The molecule has 0 aromatic carbocycles. The van der Waals surface area contributed by atoms with Crippen molar-refractivity contribution in [2.45, 2.75) is 19.8 Å². The summed E-state index contributed by atoms with van der Waals surface area (Å²) in [4.78, 5) is 0. The highest BCUT2D eigenvalue weighted by Gasteiger charge is 2.17. The van der Waals surface area contributed by atoms with Crippen LogP contribution in [0.15, 0.2) is 11.6 Å². The van der Waals surface area contributed by atoms with Crippen molar-refractivity contribution in [2.75, 3.05) is 5.88 Å². The van der Waals surface area contributed by atoms with Gasteiger partial charge in [-0.25, -0.2) is 0 Å². The highest BCUT2D eigenvalue weighted by Crippen LogP contribution is 2.31. The minimum Gasteiger partial charge on any atom is -0.122 e. The second kappa shape index (κ2) is 2.54. The first-order valence-electron chi connectivity index (χ1n) is 3.06. The molecule has 0 amide bonds. The Labute approximate surface area is 55.5 Å². The van der Waals surface area contributed by atoms with Crippen molar-refractivity contribution >= 4 is 11.6 Å². The van der Waals surface area contributed by atoms with E-state index in [-0.39, 0.29) is 0 Å². The second-order valence-electron chi connectivity index (χ2n) is 2.48. The zero-order valence-corrected chi connectivity index (χ0v) is 5.91. The Morgan fingerprint density at radius 1 is 1.75 bits per heavy atom. The summed E-state index contributed by atoms with van der Waals surface area (Å²) in [5.41, 5.74) is 1.33. The third-order valence-corrected chi connectivity index (χ3v) is 1.77. The summed E-state index contributed by atoms with van der Waals surface area (Å²) in [6.07, 6.45) is 5.05. The van der Waals surface area contributed by atoms with E-state index >= 15 is 0 Å². The van der Waals surface area contributed by atoms with E-state index in [1.165, 1.54) is 18.4 Å². The molecule has 0 saturated heterocycles. The third kappa shape index (κ3) is 1.87. The van der Waals surface area contributed by atoms with E-state index < -0.39 is 0 Å². The smallest absolute Gasteiger partial charge is 0.0430 e. The average molecular weight is 131 g/mol. The predicted molar refractivity (Wildman–Crippen MR) is 37.2 cm³/mol. The summed E-state index contributed by atoms with van der Waals surface area (Å²) in [7, 11) is 0. The van der Waals surface area contributed by atoms with Crippen molar-refractivity contribution in [1.82, 2.24) is 0 Å². The molecule has 0 spiro atoms. The zero-order valence-electron chi connectivity index (χ0n) is 5.15. The highest BCUT2D eigenvalue weighted by atomic mass is 35.5. The molecule has 1 rings (SSSR count). The molecule has 1 fully saturated rings. The molecule has 0 unspecified atom stereocenters. The molecule has 8 heavy (non-hydrogen) atoms. The Morgan fingerprint density at radius 2 is 2.38 bits per heavy atom. The van der Waals surface area contributed by atoms with E-state index in [0.717, 1.165) is 5.92 Å². The van der Waals surface area contributed by atoms with Gasteiger partial charge >= 0.3 is 0 Å². The first kappa shape index (κ1) is 6.15. The van der Waals surface area contributed by atoms with Crippen molar-refractivity contribution in [3.8, 4) is 0 Å². The quantitative estimate of drug-likeness (QED) is 0.398. The van der Waals surface area contributed by atoms with Crippen LogP contribution in [0.1, 0.15) is 19.8 Å². The monoisotopic (exact) mass is 130 g/mol. The fourth-order valence-corrected chi connectivity index (χ4v) is 0.799. The van der Waals surface area contributed by atoms with Crippen molar-refractivity contribution < 1.29 is 0 Å². The topological polar surface area (TPSA) is 0 Å². The van der Waals surface area contributed by atoms with Gasteiger partial charge in [-0.05, 0) is 25.7 Å². The van der Waals surface area contributed by atoms with Crippen LogP contribution in [0.25, 0.3) is 0 Å². The molecule has 1 saturated carbocycles. The summed E-state index contributed by atoms with van der Waals surface area (Å²) >= 11 is 5.56. The zero-order chi connectivity index (χ0) is 5.98. The molecule has 0 atom stereocenters.